The molecule has 0 aliphatic carbocycles. The zero-order chi connectivity index (χ0) is 48.2. The number of ether oxygens (including phenoxy) is 1. The van der Waals surface area contributed by atoms with E-state index in [1.165, 1.54) is 34.1 Å². The largest absolute Gasteiger partial charge is 0.378 e. The van der Waals surface area contributed by atoms with Crippen LogP contribution in [0.4, 0.5) is 16.5 Å². The third-order valence-electron chi connectivity index (χ3n) is 11.7. The first-order chi connectivity index (χ1) is 34.3. The number of aromatic amines is 1. The van der Waals surface area contributed by atoms with Crippen LogP contribution < -0.4 is 31.7 Å². The van der Waals surface area contributed by atoms with E-state index in [9.17, 15) is 19.2 Å². The lowest BCUT2D eigenvalue weighted by atomic mass is 10.1. The normalized spacial score (nSPS) is 13.8. The highest BCUT2D eigenvalue weighted by molar-refractivity contribution is 7.17. The highest BCUT2D eigenvalue weighted by atomic mass is 32.1. The fourth-order valence-corrected chi connectivity index (χ4v) is 9.38. The molecular formula is C50H51N13O5S2. The molecule has 0 spiro atoms. The van der Waals surface area contributed by atoms with Crippen molar-refractivity contribution in [2.75, 3.05) is 57.4 Å². The van der Waals surface area contributed by atoms with Crippen LogP contribution in [0.2, 0.25) is 0 Å². The lowest BCUT2D eigenvalue weighted by molar-refractivity contribution is -0.121. The Balaban J connectivity index is 0.687. The second kappa shape index (κ2) is 22.6. The topological polar surface area (TPSA) is 218 Å². The van der Waals surface area contributed by atoms with Crippen LogP contribution in [0.1, 0.15) is 38.9 Å². The lowest BCUT2D eigenvalue weighted by Gasteiger charge is -2.35. The average Bonchev–Trinajstić information content (AvgIpc) is 4.23. The molecule has 3 amide bonds. The van der Waals surface area contributed by atoms with E-state index in [1.807, 2.05) is 72.1 Å². The number of thiazole rings is 2. The lowest BCUT2D eigenvalue weighted by Crippen LogP contribution is -2.50. The first-order valence-electron chi connectivity index (χ1n) is 23.0. The average molecular weight is 978 g/mol. The summed E-state index contributed by atoms with van der Waals surface area (Å²) < 4.78 is 8.71. The van der Waals surface area contributed by atoms with E-state index in [0.29, 0.717) is 45.9 Å². The maximum Gasteiger partial charge on any atom is 0.301 e. The van der Waals surface area contributed by atoms with E-state index in [-0.39, 0.29) is 61.4 Å². The molecule has 8 aromatic rings. The molecule has 5 aromatic heterocycles. The maximum atomic E-state index is 13.7. The number of pyridine rings is 1. The predicted molar refractivity (Wildman–Crippen MR) is 272 cm³/mol. The van der Waals surface area contributed by atoms with Gasteiger partial charge in [0.2, 0.25) is 16.2 Å². The van der Waals surface area contributed by atoms with Gasteiger partial charge in [-0.25, -0.2) is 15.0 Å². The van der Waals surface area contributed by atoms with Crippen LogP contribution in [-0.2, 0) is 22.5 Å². The number of carbonyl (C=O) groups is 3. The van der Waals surface area contributed by atoms with Crippen molar-refractivity contribution in [3.63, 3.8) is 0 Å². The van der Waals surface area contributed by atoms with Gasteiger partial charge < -0.3 is 35.5 Å². The third kappa shape index (κ3) is 11.6. The quantitative estimate of drug-likeness (QED) is 0.0393. The molecule has 1 aliphatic heterocycles. The number of piperazine rings is 1. The Labute approximate surface area is 410 Å². The molecule has 1 aliphatic rings. The zero-order valence-corrected chi connectivity index (χ0v) is 40.0. The Morgan fingerprint density at radius 3 is 2.40 bits per heavy atom. The van der Waals surface area contributed by atoms with Crippen molar-refractivity contribution in [2.24, 2.45) is 10.2 Å². The van der Waals surface area contributed by atoms with E-state index < -0.39 is 5.56 Å². The summed E-state index contributed by atoms with van der Waals surface area (Å²) in [5.41, 5.74) is 5.94. The number of anilines is 1. The monoisotopic (exact) mass is 977 g/mol. The minimum Gasteiger partial charge on any atom is -0.378 e. The molecule has 18 nitrogen and oxygen atoms in total. The number of H-pyrrole nitrogens is 1. The van der Waals surface area contributed by atoms with Crippen LogP contribution in [0, 0.1) is 0 Å². The van der Waals surface area contributed by atoms with Crippen molar-refractivity contribution in [2.45, 2.75) is 32.4 Å². The smallest absolute Gasteiger partial charge is 0.301 e. The van der Waals surface area contributed by atoms with Crippen LogP contribution in [0.15, 0.2) is 136 Å². The summed E-state index contributed by atoms with van der Waals surface area (Å²) in [6, 6.07) is 31.7. The molecule has 0 saturated carbocycles. The van der Waals surface area contributed by atoms with Crippen LogP contribution in [0.3, 0.4) is 0 Å². The van der Waals surface area contributed by atoms with Gasteiger partial charge in [0.05, 0.1) is 36.4 Å². The molecule has 358 valence electrons. The van der Waals surface area contributed by atoms with Gasteiger partial charge in [-0.3, -0.25) is 24.3 Å². The molecule has 1 fully saturated rings. The van der Waals surface area contributed by atoms with Gasteiger partial charge in [0.15, 0.2) is 5.69 Å². The van der Waals surface area contributed by atoms with Gasteiger partial charge in [-0.2, -0.15) is 4.68 Å². The number of rotatable bonds is 20. The number of azo groups is 1. The highest BCUT2D eigenvalue weighted by Crippen LogP contribution is 2.31. The zero-order valence-electron chi connectivity index (χ0n) is 38.3. The molecular weight excluding hydrogens is 927 g/mol. The van der Waals surface area contributed by atoms with Gasteiger partial charge in [0.25, 0.3) is 11.8 Å². The molecule has 0 bridgehead atoms. The summed E-state index contributed by atoms with van der Waals surface area (Å²) in [7, 11) is 0. The summed E-state index contributed by atoms with van der Waals surface area (Å²) in [5, 5.41) is 27.2. The van der Waals surface area contributed by atoms with Crippen molar-refractivity contribution in [3.8, 4) is 27.6 Å². The van der Waals surface area contributed by atoms with Crippen LogP contribution in [0.25, 0.3) is 38.7 Å². The number of aromatic nitrogens is 6. The van der Waals surface area contributed by atoms with Crippen molar-refractivity contribution in [1.29, 1.82) is 0 Å². The van der Waals surface area contributed by atoms with Gasteiger partial charge in [-0.15, -0.1) is 21.6 Å². The van der Waals surface area contributed by atoms with Gasteiger partial charge in [-0.1, -0.05) is 91.1 Å². The number of nitrogens with zero attached hydrogens (tertiary/aromatic N) is 8. The molecule has 5 N–H and O–H groups in total. The van der Waals surface area contributed by atoms with Crippen LogP contribution >= 0.6 is 22.7 Å². The van der Waals surface area contributed by atoms with Crippen LogP contribution in [0.5, 0.6) is 0 Å². The molecule has 20 heteroatoms. The number of fused-ring (bicyclic) bond motifs is 1. The third-order valence-corrected chi connectivity index (χ3v) is 13.4. The molecule has 70 heavy (non-hydrogen) atoms. The highest BCUT2D eigenvalue weighted by Gasteiger charge is 2.21. The predicted octanol–water partition coefficient (Wildman–Crippen LogP) is 6.90. The summed E-state index contributed by atoms with van der Waals surface area (Å²) in [4.78, 5) is 68.5. The van der Waals surface area contributed by atoms with E-state index >= 15 is 0 Å². The second-order valence-electron chi connectivity index (χ2n) is 16.4. The SMILES string of the molecule is CC[C@@H]1CN(c2ccc(CCNC(=O)c3cnc4c(ccn4CC(=O)NCCOCCNC(=O)c4cnc(N=Nc5c(-c6ccccc6)[nH]n(-c6nc(-c7ccccc7)cs6)c5=O)s4)c3)cc2)CCN1. The Bertz CT molecular complexity index is 3140. The van der Waals surface area contributed by atoms with E-state index in [0.717, 1.165) is 65.2 Å². The van der Waals surface area contributed by atoms with E-state index in [4.69, 9.17) is 4.74 Å². The number of hydrogen-bond acceptors (Lipinski definition) is 14. The Kier molecular flexibility index (Phi) is 15.3. The van der Waals surface area contributed by atoms with Crippen molar-refractivity contribution >= 4 is 67.9 Å². The van der Waals surface area contributed by atoms with Crippen LogP contribution in [-0.4, -0.2) is 106 Å². The van der Waals surface area contributed by atoms with Crippen molar-refractivity contribution in [1.82, 2.24) is 50.6 Å². The van der Waals surface area contributed by atoms with E-state index in [1.54, 1.807) is 16.8 Å². The number of nitrogens with one attached hydrogen (secondary N) is 5. The number of hydrogen-bond donors (Lipinski definition) is 5. The van der Waals surface area contributed by atoms with Crippen molar-refractivity contribution < 1.29 is 19.1 Å². The first kappa shape index (κ1) is 47.4. The molecule has 6 heterocycles. The second-order valence-corrected chi connectivity index (χ2v) is 18.3. The first-order valence-corrected chi connectivity index (χ1v) is 24.7. The minimum atomic E-state index is -0.435. The molecule has 9 rings (SSSR count). The maximum absolute atomic E-state index is 13.7. The van der Waals surface area contributed by atoms with Crippen molar-refractivity contribution in [3.05, 3.63) is 147 Å². The fourth-order valence-electron chi connectivity index (χ4n) is 7.94. The number of amides is 3. The van der Waals surface area contributed by atoms with Gasteiger partial charge in [-0.05, 0) is 42.7 Å². The van der Waals surface area contributed by atoms with Gasteiger partial charge >= 0.3 is 5.56 Å². The van der Waals surface area contributed by atoms with Gasteiger partial charge in [0, 0.05) is 85.3 Å². The number of carbonyl (C=O) groups excluding carboxylic acids is 3. The molecule has 1 saturated heterocycles. The standard InChI is InChI=1S/C50H51N13O5S2/c1-2-38-30-61(24-20-51-38)39-15-13-33(14-16-39)17-19-53-46(65)37-27-36-18-23-62(45(36)55-28-37)31-42(64)52-21-25-68-26-22-54-47(66)41-29-56-49(70-41)59-58-44-43(35-11-7-4-8-12-35)60-63(48(44)67)50-57-40(32-69-50)34-9-5-3-6-10-34/h3-16,18,23,27-29,32,38,51,60H,2,17,19-22,24-26,30-31H2,1H3,(H,52,64)(H,53,65)(H,54,66)/t38-/m1/s1. The number of benzene rings is 3. The summed E-state index contributed by atoms with van der Waals surface area (Å²) in [6.45, 7) is 6.68. The Morgan fingerprint density at radius 1 is 0.857 bits per heavy atom. The fraction of sp³-hybridized carbons (Fsp3) is 0.260. The van der Waals surface area contributed by atoms with E-state index in [2.05, 4.69) is 87.6 Å². The summed E-state index contributed by atoms with van der Waals surface area (Å²) in [5.74, 6) is -0.792. The molecule has 3 aromatic carbocycles. The minimum absolute atomic E-state index is 0.0428. The molecule has 0 radical (unpaired) electrons. The molecule has 1 atom stereocenters. The Morgan fingerprint density at radius 2 is 1.61 bits per heavy atom. The Hall–Kier alpha value is -7.65. The summed E-state index contributed by atoms with van der Waals surface area (Å²) >= 11 is 2.35. The van der Waals surface area contributed by atoms with Gasteiger partial charge in [0.1, 0.15) is 17.1 Å². The summed E-state index contributed by atoms with van der Waals surface area (Å²) in [6.07, 6.45) is 6.52. The molecule has 0 unspecified atom stereocenters.